The van der Waals surface area contributed by atoms with Crippen LogP contribution >= 0.6 is 0 Å². The van der Waals surface area contributed by atoms with E-state index in [1.807, 2.05) is 0 Å². The van der Waals surface area contributed by atoms with Crippen molar-refractivity contribution in [1.29, 1.82) is 0 Å². The summed E-state index contributed by atoms with van der Waals surface area (Å²) in [6.07, 6.45) is -2.68. The summed E-state index contributed by atoms with van der Waals surface area (Å²) >= 11 is 0. The van der Waals surface area contributed by atoms with Gasteiger partial charge in [0.05, 0.1) is 5.56 Å². The third-order valence-electron chi connectivity index (χ3n) is 3.76. The van der Waals surface area contributed by atoms with Crippen molar-refractivity contribution in [3.05, 3.63) is 35.4 Å². The van der Waals surface area contributed by atoms with Crippen LogP contribution in [0.5, 0.6) is 0 Å². The fourth-order valence-corrected chi connectivity index (χ4v) is 2.55. The highest BCUT2D eigenvalue weighted by atomic mass is 19.4. The Morgan fingerprint density at radius 1 is 1.41 bits per heavy atom. The van der Waals surface area contributed by atoms with Gasteiger partial charge in [-0.25, -0.2) is 4.79 Å². The highest BCUT2D eigenvalue weighted by Gasteiger charge is 2.30. The highest BCUT2D eigenvalue weighted by molar-refractivity contribution is 5.74. The minimum Gasteiger partial charge on any atom is -0.396 e. The van der Waals surface area contributed by atoms with Crippen molar-refractivity contribution in [2.45, 2.75) is 25.6 Å². The molecule has 2 N–H and O–H groups in total. The van der Waals surface area contributed by atoms with Gasteiger partial charge in [0.2, 0.25) is 0 Å². The molecule has 22 heavy (non-hydrogen) atoms. The SMILES string of the molecule is O=C(NCc1cccc(C(F)(F)F)c1)N1CCC[C@@H](CO)C1. The molecule has 4 nitrogen and oxygen atoms in total. The number of hydrogen-bond acceptors (Lipinski definition) is 2. The molecule has 1 aliphatic heterocycles. The van der Waals surface area contributed by atoms with E-state index in [-0.39, 0.29) is 25.1 Å². The Balaban J connectivity index is 1.91. The Hall–Kier alpha value is -1.76. The molecule has 1 fully saturated rings. The second-order valence-electron chi connectivity index (χ2n) is 5.49. The maximum Gasteiger partial charge on any atom is 0.416 e. The Morgan fingerprint density at radius 2 is 2.18 bits per heavy atom. The fourth-order valence-electron chi connectivity index (χ4n) is 2.55. The molecule has 0 unspecified atom stereocenters. The lowest BCUT2D eigenvalue weighted by molar-refractivity contribution is -0.137. The molecule has 1 atom stereocenters. The summed E-state index contributed by atoms with van der Waals surface area (Å²) in [5, 5.41) is 11.8. The van der Waals surface area contributed by atoms with Gasteiger partial charge in [-0.2, -0.15) is 13.2 Å². The van der Waals surface area contributed by atoms with Gasteiger partial charge in [0.25, 0.3) is 0 Å². The number of urea groups is 1. The Morgan fingerprint density at radius 3 is 2.86 bits per heavy atom. The van der Waals surface area contributed by atoms with Crippen molar-refractivity contribution >= 4 is 6.03 Å². The number of halogens is 3. The summed E-state index contributed by atoms with van der Waals surface area (Å²) < 4.78 is 37.9. The summed E-state index contributed by atoms with van der Waals surface area (Å²) in [5.74, 6) is 0.0769. The van der Waals surface area contributed by atoms with Crippen LogP contribution in [0.15, 0.2) is 24.3 Å². The molecule has 122 valence electrons. The average Bonchev–Trinajstić information content (AvgIpc) is 2.52. The number of carbonyl (C=O) groups is 1. The molecule has 1 aromatic rings. The smallest absolute Gasteiger partial charge is 0.396 e. The van der Waals surface area contributed by atoms with E-state index in [9.17, 15) is 18.0 Å². The average molecular weight is 316 g/mol. The second-order valence-corrected chi connectivity index (χ2v) is 5.49. The number of amides is 2. The van der Waals surface area contributed by atoms with Crippen LogP contribution in [-0.2, 0) is 12.7 Å². The number of rotatable bonds is 3. The van der Waals surface area contributed by atoms with E-state index in [2.05, 4.69) is 5.32 Å². The molecular formula is C15H19F3N2O2. The molecule has 2 rings (SSSR count). The summed E-state index contributed by atoms with van der Waals surface area (Å²) in [7, 11) is 0. The minimum atomic E-state index is -4.39. The van der Waals surface area contributed by atoms with Gasteiger partial charge in [-0.15, -0.1) is 0 Å². The predicted octanol–water partition coefficient (Wildman–Crippen LogP) is 2.62. The zero-order valence-electron chi connectivity index (χ0n) is 12.1. The lowest BCUT2D eigenvalue weighted by atomic mass is 9.99. The molecular weight excluding hydrogens is 297 g/mol. The van der Waals surface area contributed by atoms with Crippen LogP contribution in [0.2, 0.25) is 0 Å². The Labute approximate surface area is 126 Å². The summed E-state index contributed by atoms with van der Waals surface area (Å²) in [4.78, 5) is 13.6. The van der Waals surface area contributed by atoms with E-state index >= 15 is 0 Å². The number of benzene rings is 1. The number of hydrogen-bond donors (Lipinski definition) is 2. The standard InChI is InChI=1S/C15H19F3N2O2/c16-15(17,18)13-5-1-3-11(7-13)8-19-14(22)20-6-2-4-12(9-20)10-21/h1,3,5,7,12,21H,2,4,6,8-10H2,(H,19,22)/t12-/m1/s1. The molecule has 2 amide bonds. The normalized spacial score (nSPS) is 19.1. The lowest BCUT2D eigenvalue weighted by Crippen LogP contribution is -2.45. The maximum absolute atomic E-state index is 12.6. The Bertz CT molecular complexity index is 520. The molecule has 1 heterocycles. The number of carbonyl (C=O) groups excluding carboxylic acids is 1. The molecule has 0 saturated carbocycles. The third-order valence-corrected chi connectivity index (χ3v) is 3.76. The summed E-state index contributed by atoms with van der Waals surface area (Å²) in [6, 6.07) is 4.60. The van der Waals surface area contributed by atoms with Gasteiger partial charge in [-0.3, -0.25) is 0 Å². The zero-order valence-corrected chi connectivity index (χ0v) is 12.1. The topological polar surface area (TPSA) is 52.6 Å². The van der Waals surface area contributed by atoms with Gasteiger partial charge in [0.15, 0.2) is 0 Å². The zero-order chi connectivity index (χ0) is 16.2. The van der Waals surface area contributed by atoms with Crippen molar-refractivity contribution in [2.24, 2.45) is 5.92 Å². The van der Waals surface area contributed by atoms with Gasteiger partial charge in [-0.1, -0.05) is 12.1 Å². The van der Waals surface area contributed by atoms with Crippen molar-refractivity contribution in [2.75, 3.05) is 19.7 Å². The number of likely N-dealkylation sites (tertiary alicyclic amines) is 1. The van der Waals surface area contributed by atoms with Crippen molar-refractivity contribution in [3.8, 4) is 0 Å². The fraction of sp³-hybridized carbons (Fsp3) is 0.533. The minimum absolute atomic E-state index is 0.0391. The highest BCUT2D eigenvalue weighted by Crippen LogP contribution is 2.29. The number of aliphatic hydroxyl groups is 1. The summed E-state index contributed by atoms with van der Waals surface area (Å²) in [6.45, 7) is 1.16. The van der Waals surface area contributed by atoms with E-state index < -0.39 is 11.7 Å². The van der Waals surface area contributed by atoms with Crippen molar-refractivity contribution in [1.82, 2.24) is 10.2 Å². The maximum atomic E-state index is 12.6. The molecule has 1 aromatic carbocycles. The molecule has 7 heteroatoms. The van der Waals surface area contributed by atoms with E-state index in [1.54, 1.807) is 11.0 Å². The molecule has 1 aliphatic rings. The summed E-state index contributed by atoms with van der Waals surface area (Å²) in [5.41, 5.74) is -0.323. The molecule has 0 aromatic heterocycles. The number of nitrogens with zero attached hydrogens (tertiary/aromatic N) is 1. The quantitative estimate of drug-likeness (QED) is 0.901. The monoisotopic (exact) mass is 316 g/mol. The van der Waals surface area contributed by atoms with Crippen LogP contribution < -0.4 is 5.32 Å². The lowest BCUT2D eigenvalue weighted by Gasteiger charge is -2.31. The van der Waals surface area contributed by atoms with E-state index in [4.69, 9.17) is 5.11 Å². The number of nitrogens with one attached hydrogen (secondary N) is 1. The van der Waals surface area contributed by atoms with Crippen LogP contribution in [0.3, 0.4) is 0 Å². The van der Waals surface area contributed by atoms with Gasteiger partial charge >= 0.3 is 12.2 Å². The van der Waals surface area contributed by atoms with Crippen LogP contribution in [0.25, 0.3) is 0 Å². The molecule has 0 aliphatic carbocycles. The van der Waals surface area contributed by atoms with E-state index in [1.165, 1.54) is 6.07 Å². The largest absolute Gasteiger partial charge is 0.416 e. The molecule has 1 saturated heterocycles. The number of alkyl halides is 3. The van der Waals surface area contributed by atoms with Crippen LogP contribution in [-0.4, -0.2) is 35.7 Å². The first-order valence-electron chi connectivity index (χ1n) is 7.20. The van der Waals surface area contributed by atoms with E-state index in [0.29, 0.717) is 18.7 Å². The van der Waals surface area contributed by atoms with Crippen LogP contribution in [0.4, 0.5) is 18.0 Å². The number of aliphatic hydroxyl groups excluding tert-OH is 1. The van der Waals surface area contributed by atoms with Crippen molar-refractivity contribution < 1.29 is 23.1 Å². The molecule has 0 radical (unpaired) electrons. The Kier molecular flexibility index (Phi) is 5.28. The van der Waals surface area contributed by atoms with Gasteiger partial charge < -0.3 is 15.3 Å². The van der Waals surface area contributed by atoms with Gasteiger partial charge in [-0.05, 0) is 36.5 Å². The second kappa shape index (κ2) is 7.00. The predicted molar refractivity (Wildman–Crippen MR) is 75.1 cm³/mol. The third kappa shape index (κ3) is 4.37. The van der Waals surface area contributed by atoms with E-state index in [0.717, 1.165) is 25.0 Å². The van der Waals surface area contributed by atoms with Crippen molar-refractivity contribution in [3.63, 3.8) is 0 Å². The molecule has 0 spiro atoms. The van der Waals surface area contributed by atoms with Crippen LogP contribution in [0.1, 0.15) is 24.0 Å². The van der Waals surface area contributed by atoms with Crippen LogP contribution in [0, 0.1) is 5.92 Å². The first kappa shape index (κ1) is 16.6. The first-order chi connectivity index (χ1) is 10.4. The van der Waals surface area contributed by atoms with Gasteiger partial charge in [0, 0.05) is 26.2 Å². The first-order valence-corrected chi connectivity index (χ1v) is 7.20. The van der Waals surface area contributed by atoms with Gasteiger partial charge in [0.1, 0.15) is 0 Å². The number of piperidine rings is 1. The molecule has 0 bridgehead atoms.